The summed E-state index contributed by atoms with van der Waals surface area (Å²) in [6.07, 6.45) is 0. The van der Waals surface area contributed by atoms with Crippen molar-refractivity contribution in [1.82, 2.24) is 10.0 Å². The van der Waals surface area contributed by atoms with E-state index in [1.54, 1.807) is 12.1 Å². The minimum Gasteiger partial charge on any atom is -0.495 e. The van der Waals surface area contributed by atoms with Gasteiger partial charge in [0.25, 0.3) is 0 Å². The molecule has 0 heterocycles. The maximum atomic E-state index is 11.2. The molecule has 0 aliphatic carbocycles. The zero-order valence-corrected chi connectivity index (χ0v) is 11.8. The molecule has 0 radical (unpaired) electrons. The zero-order valence-electron chi connectivity index (χ0n) is 10.9. The molecule has 6 nitrogen and oxygen atoms in total. The van der Waals surface area contributed by atoms with Gasteiger partial charge in [-0.2, -0.15) is 5.26 Å². The van der Waals surface area contributed by atoms with Gasteiger partial charge in [0.05, 0.1) is 18.4 Å². The summed E-state index contributed by atoms with van der Waals surface area (Å²) in [4.78, 5) is 0. The molecule has 104 valence electrons. The fourth-order valence-corrected chi connectivity index (χ4v) is 2.11. The van der Waals surface area contributed by atoms with E-state index < -0.39 is 10.0 Å². The van der Waals surface area contributed by atoms with Crippen LogP contribution in [0.25, 0.3) is 0 Å². The second-order valence-electron chi connectivity index (χ2n) is 3.85. The van der Waals surface area contributed by atoms with Crippen LogP contribution in [0.3, 0.4) is 0 Å². The lowest BCUT2D eigenvalue weighted by atomic mass is 10.1. The van der Waals surface area contributed by atoms with Crippen LogP contribution in [0.2, 0.25) is 0 Å². The molecule has 0 atom stereocenters. The monoisotopic (exact) mass is 283 g/mol. The van der Waals surface area contributed by atoms with Crippen LogP contribution >= 0.6 is 0 Å². The third-order valence-electron chi connectivity index (χ3n) is 2.57. The maximum absolute atomic E-state index is 11.2. The third kappa shape index (κ3) is 4.87. The van der Waals surface area contributed by atoms with Crippen molar-refractivity contribution in [2.75, 3.05) is 26.5 Å². The normalized spacial score (nSPS) is 11.0. The van der Waals surface area contributed by atoms with Crippen molar-refractivity contribution in [3.05, 3.63) is 29.3 Å². The van der Waals surface area contributed by atoms with Crippen LogP contribution in [0.15, 0.2) is 18.2 Å². The minimum atomic E-state index is -3.18. The van der Waals surface area contributed by atoms with E-state index in [0.717, 1.165) is 5.56 Å². The summed E-state index contributed by atoms with van der Waals surface area (Å²) in [7, 11) is -0.285. The highest BCUT2D eigenvalue weighted by Gasteiger charge is 2.06. The molecule has 1 aromatic rings. The second-order valence-corrected chi connectivity index (χ2v) is 5.89. The Morgan fingerprint density at radius 1 is 1.42 bits per heavy atom. The molecule has 0 bridgehead atoms. The lowest BCUT2D eigenvalue weighted by Gasteiger charge is -2.07. The van der Waals surface area contributed by atoms with E-state index in [9.17, 15) is 8.42 Å². The Morgan fingerprint density at radius 3 is 2.74 bits per heavy atom. The summed E-state index contributed by atoms with van der Waals surface area (Å²) in [6.45, 7) is 0.842. The molecule has 2 N–H and O–H groups in total. The summed E-state index contributed by atoms with van der Waals surface area (Å²) >= 11 is 0. The first-order chi connectivity index (χ1) is 9.02. The van der Waals surface area contributed by atoms with Crippen molar-refractivity contribution >= 4 is 10.0 Å². The van der Waals surface area contributed by atoms with Crippen LogP contribution in [0, 0.1) is 11.3 Å². The summed E-state index contributed by atoms with van der Waals surface area (Å²) < 4.78 is 29.7. The van der Waals surface area contributed by atoms with E-state index in [1.165, 1.54) is 14.2 Å². The molecule has 0 aromatic heterocycles. The second kappa shape index (κ2) is 7.09. The molecular formula is C12H17N3O3S. The molecule has 0 aliphatic rings. The topological polar surface area (TPSA) is 91.2 Å². The number of hydrogen-bond acceptors (Lipinski definition) is 5. The van der Waals surface area contributed by atoms with Crippen molar-refractivity contribution in [3.8, 4) is 11.8 Å². The Bertz CT molecular complexity index is 564. The van der Waals surface area contributed by atoms with Gasteiger partial charge in [0.1, 0.15) is 11.8 Å². The van der Waals surface area contributed by atoms with Gasteiger partial charge in [-0.3, -0.25) is 0 Å². The van der Waals surface area contributed by atoms with Gasteiger partial charge in [-0.15, -0.1) is 0 Å². The average molecular weight is 283 g/mol. The van der Waals surface area contributed by atoms with E-state index in [1.807, 2.05) is 6.07 Å². The Morgan fingerprint density at radius 2 is 2.16 bits per heavy atom. The summed E-state index contributed by atoms with van der Waals surface area (Å²) in [5, 5.41) is 12.0. The maximum Gasteiger partial charge on any atom is 0.212 e. The third-order valence-corrected chi connectivity index (χ3v) is 3.94. The Labute approximate surface area is 113 Å². The highest BCUT2D eigenvalue weighted by atomic mass is 32.2. The molecule has 0 unspecified atom stereocenters. The Kier molecular flexibility index (Phi) is 5.76. The Balaban J connectivity index is 2.53. The van der Waals surface area contributed by atoms with Crippen molar-refractivity contribution in [1.29, 1.82) is 5.26 Å². The molecule has 0 aliphatic heterocycles. The molecule has 0 spiro atoms. The van der Waals surface area contributed by atoms with Gasteiger partial charge in [-0.25, -0.2) is 13.1 Å². The van der Waals surface area contributed by atoms with Gasteiger partial charge in [0, 0.05) is 13.1 Å². The molecule has 0 saturated heterocycles. The fourth-order valence-electron chi connectivity index (χ4n) is 1.49. The minimum absolute atomic E-state index is 0.0186. The van der Waals surface area contributed by atoms with E-state index in [-0.39, 0.29) is 5.75 Å². The molecule has 7 heteroatoms. The van der Waals surface area contributed by atoms with Crippen LogP contribution in [0.1, 0.15) is 11.1 Å². The van der Waals surface area contributed by atoms with Crippen molar-refractivity contribution < 1.29 is 13.2 Å². The van der Waals surface area contributed by atoms with Gasteiger partial charge >= 0.3 is 0 Å². The lowest BCUT2D eigenvalue weighted by molar-refractivity contribution is 0.413. The highest BCUT2D eigenvalue weighted by Crippen LogP contribution is 2.18. The largest absolute Gasteiger partial charge is 0.495 e. The predicted octanol–water partition coefficient (Wildman–Crippen LogP) is 0.206. The van der Waals surface area contributed by atoms with E-state index in [4.69, 9.17) is 10.00 Å². The summed E-state index contributed by atoms with van der Waals surface area (Å²) in [6, 6.07) is 7.33. The lowest BCUT2D eigenvalue weighted by Crippen LogP contribution is -2.29. The SMILES string of the molecule is CNS(=O)(=O)CCNCc1ccc(OC)c(C#N)c1. The molecule has 1 aromatic carbocycles. The number of sulfonamides is 1. The number of hydrogen-bond donors (Lipinski definition) is 2. The van der Waals surface area contributed by atoms with Gasteiger partial charge in [0.2, 0.25) is 10.0 Å². The number of nitriles is 1. The van der Waals surface area contributed by atoms with Crippen LogP contribution in [-0.2, 0) is 16.6 Å². The standard InChI is InChI=1S/C12H17N3O3S/c1-14-19(16,17)6-5-15-9-10-3-4-12(18-2)11(7-10)8-13/h3-4,7,14-15H,5-6,9H2,1-2H3. The van der Waals surface area contributed by atoms with Crippen LogP contribution < -0.4 is 14.8 Å². The number of rotatable bonds is 7. The molecule has 0 amide bonds. The first-order valence-electron chi connectivity index (χ1n) is 5.71. The average Bonchev–Trinajstić information content (AvgIpc) is 2.43. The van der Waals surface area contributed by atoms with Crippen LogP contribution in [-0.4, -0.2) is 34.9 Å². The number of nitrogens with zero attached hydrogens (tertiary/aromatic N) is 1. The zero-order chi connectivity index (χ0) is 14.3. The van der Waals surface area contributed by atoms with Gasteiger partial charge in [0.15, 0.2) is 0 Å². The summed E-state index contributed by atoms with van der Waals surface area (Å²) in [5.74, 6) is 0.550. The predicted molar refractivity (Wildman–Crippen MR) is 72.3 cm³/mol. The fraction of sp³-hybridized carbons (Fsp3) is 0.417. The van der Waals surface area contributed by atoms with E-state index in [0.29, 0.717) is 24.4 Å². The number of methoxy groups -OCH3 is 1. The van der Waals surface area contributed by atoms with Gasteiger partial charge in [-0.05, 0) is 24.7 Å². The number of benzene rings is 1. The number of ether oxygens (including phenoxy) is 1. The van der Waals surface area contributed by atoms with Crippen molar-refractivity contribution in [3.63, 3.8) is 0 Å². The molecule has 19 heavy (non-hydrogen) atoms. The first kappa shape index (κ1) is 15.4. The van der Waals surface area contributed by atoms with Crippen molar-refractivity contribution in [2.45, 2.75) is 6.54 Å². The van der Waals surface area contributed by atoms with E-state index in [2.05, 4.69) is 16.1 Å². The molecule has 0 fully saturated rings. The smallest absolute Gasteiger partial charge is 0.212 e. The number of nitrogens with one attached hydrogen (secondary N) is 2. The van der Waals surface area contributed by atoms with Gasteiger partial charge < -0.3 is 10.1 Å². The Hall–Kier alpha value is -1.62. The first-order valence-corrected chi connectivity index (χ1v) is 7.36. The van der Waals surface area contributed by atoms with Crippen LogP contribution in [0.4, 0.5) is 0 Å². The molecule has 0 saturated carbocycles. The van der Waals surface area contributed by atoms with E-state index >= 15 is 0 Å². The molecular weight excluding hydrogens is 266 g/mol. The van der Waals surface area contributed by atoms with Gasteiger partial charge in [-0.1, -0.05) is 6.07 Å². The van der Waals surface area contributed by atoms with Crippen molar-refractivity contribution in [2.24, 2.45) is 0 Å². The quantitative estimate of drug-likeness (QED) is 0.698. The highest BCUT2D eigenvalue weighted by molar-refractivity contribution is 7.89. The van der Waals surface area contributed by atoms with Crippen LogP contribution in [0.5, 0.6) is 5.75 Å². The molecule has 1 rings (SSSR count). The summed E-state index contributed by atoms with van der Waals surface area (Å²) in [5.41, 5.74) is 1.36.